The Kier molecular flexibility index (Phi) is 2.77. The van der Waals surface area contributed by atoms with Crippen LogP contribution in [0.15, 0.2) is 36.4 Å². The fourth-order valence-corrected chi connectivity index (χ4v) is 2.84. The number of aromatic carboxylic acids is 1. The molecule has 0 amide bonds. The maximum Gasteiger partial charge on any atom is 0.425 e. The number of hydrogen-bond donors (Lipinski definition) is 3. The highest BCUT2D eigenvalue weighted by atomic mass is 19.4. The fraction of sp³-hybridized carbons (Fsp3) is 0.133. The van der Waals surface area contributed by atoms with E-state index in [-0.39, 0.29) is 11.1 Å². The minimum Gasteiger partial charge on any atom is -0.508 e. The van der Waals surface area contributed by atoms with E-state index in [0.717, 1.165) is 18.2 Å². The number of carboxylic acids is 1. The van der Waals surface area contributed by atoms with Gasteiger partial charge in [-0.15, -0.1) is 0 Å². The van der Waals surface area contributed by atoms with Crippen LogP contribution in [0.3, 0.4) is 0 Å². The molecule has 0 aromatic heterocycles. The van der Waals surface area contributed by atoms with Crippen LogP contribution >= 0.6 is 0 Å². The van der Waals surface area contributed by atoms with E-state index >= 15 is 0 Å². The molecular weight excluding hydrogens is 301 g/mol. The number of rotatable bonds is 1. The number of aromatic hydroxyl groups is 1. The summed E-state index contributed by atoms with van der Waals surface area (Å²) in [5.41, 5.74) is -5.25. The molecule has 0 bridgehead atoms. The molecule has 1 atom stereocenters. The molecule has 0 aliphatic heterocycles. The van der Waals surface area contributed by atoms with Gasteiger partial charge in [0.1, 0.15) is 5.75 Å². The monoisotopic (exact) mass is 310 g/mol. The van der Waals surface area contributed by atoms with Crippen LogP contribution in [0.5, 0.6) is 5.75 Å². The molecule has 0 heterocycles. The number of aliphatic hydroxyl groups is 1. The molecule has 2 aromatic rings. The largest absolute Gasteiger partial charge is 0.508 e. The fourth-order valence-electron chi connectivity index (χ4n) is 2.84. The summed E-state index contributed by atoms with van der Waals surface area (Å²) in [5.74, 6) is -2.15. The lowest BCUT2D eigenvalue weighted by atomic mass is 9.90. The van der Waals surface area contributed by atoms with Gasteiger partial charge in [-0.3, -0.25) is 0 Å². The van der Waals surface area contributed by atoms with Gasteiger partial charge in [0.2, 0.25) is 5.60 Å². The number of carbonyl (C=O) groups is 1. The zero-order valence-electron chi connectivity index (χ0n) is 10.8. The number of benzene rings is 2. The van der Waals surface area contributed by atoms with E-state index in [1.807, 2.05) is 0 Å². The van der Waals surface area contributed by atoms with Crippen molar-refractivity contribution in [1.29, 1.82) is 0 Å². The predicted octanol–water partition coefficient (Wildman–Crippen LogP) is 2.87. The van der Waals surface area contributed by atoms with E-state index in [1.165, 1.54) is 18.2 Å². The Bertz CT molecular complexity index is 798. The first-order valence-corrected chi connectivity index (χ1v) is 6.17. The molecule has 22 heavy (non-hydrogen) atoms. The van der Waals surface area contributed by atoms with Crippen molar-refractivity contribution in [2.75, 3.05) is 0 Å². The lowest BCUT2D eigenvalue weighted by Crippen LogP contribution is -2.41. The van der Waals surface area contributed by atoms with Gasteiger partial charge in [0.05, 0.1) is 5.56 Å². The highest BCUT2D eigenvalue weighted by Gasteiger charge is 2.61. The Labute approximate surface area is 122 Å². The first-order valence-electron chi connectivity index (χ1n) is 6.17. The molecule has 0 radical (unpaired) electrons. The van der Waals surface area contributed by atoms with Crippen molar-refractivity contribution in [3.63, 3.8) is 0 Å². The Balaban J connectivity index is 2.50. The van der Waals surface area contributed by atoms with Crippen molar-refractivity contribution >= 4 is 5.97 Å². The van der Waals surface area contributed by atoms with E-state index in [1.54, 1.807) is 0 Å². The quantitative estimate of drug-likeness (QED) is 0.757. The molecule has 0 spiro atoms. The van der Waals surface area contributed by atoms with Gasteiger partial charge in [0, 0.05) is 16.7 Å². The Morgan fingerprint density at radius 1 is 1.09 bits per heavy atom. The van der Waals surface area contributed by atoms with Gasteiger partial charge in [-0.05, 0) is 17.7 Å². The Hall–Kier alpha value is -2.54. The lowest BCUT2D eigenvalue weighted by Gasteiger charge is -2.28. The van der Waals surface area contributed by atoms with Crippen molar-refractivity contribution in [3.05, 3.63) is 53.1 Å². The van der Waals surface area contributed by atoms with Crippen molar-refractivity contribution in [2.24, 2.45) is 0 Å². The van der Waals surface area contributed by atoms with E-state index in [0.29, 0.717) is 0 Å². The molecule has 0 saturated heterocycles. The Morgan fingerprint density at radius 2 is 1.73 bits per heavy atom. The number of alkyl halides is 3. The second-order valence-corrected chi connectivity index (χ2v) is 4.97. The van der Waals surface area contributed by atoms with Gasteiger partial charge in [-0.2, -0.15) is 13.2 Å². The van der Waals surface area contributed by atoms with Gasteiger partial charge in [-0.1, -0.05) is 24.3 Å². The molecule has 4 nitrogen and oxygen atoms in total. The van der Waals surface area contributed by atoms with Gasteiger partial charge < -0.3 is 15.3 Å². The van der Waals surface area contributed by atoms with Crippen molar-refractivity contribution < 1.29 is 33.3 Å². The van der Waals surface area contributed by atoms with E-state index in [4.69, 9.17) is 0 Å². The highest BCUT2D eigenvalue weighted by Crippen LogP contribution is 2.56. The smallest absolute Gasteiger partial charge is 0.425 e. The topological polar surface area (TPSA) is 77.8 Å². The lowest BCUT2D eigenvalue weighted by molar-refractivity contribution is -0.246. The van der Waals surface area contributed by atoms with Crippen LogP contribution in [-0.4, -0.2) is 27.5 Å². The third-order valence-electron chi connectivity index (χ3n) is 3.74. The second kappa shape index (κ2) is 4.23. The summed E-state index contributed by atoms with van der Waals surface area (Å²) < 4.78 is 40.5. The maximum absolute atomic E-state index is 13.5. The summed E-state index contributed by atoms with van der Waals surface area (Å²) in [7, 11) is 0. The third kappa shape index (κ3) is 1.66. The molecule has 3 N–H and O–H groups in total. The van der Waals surface area contributed by atoms with Crippen LogP contribution < -0.4 is 0 Å². The van der Waals surface area contributed by atoms with Gasteiger partial charge in [0.25, 0.3) is 0 Å². The van der Waals surface area contributed by atoms with Gasteiger partial charge in [0.15, 0.2) is 0 Å². The predicted molar refractivity (Wildman–Crippen MR) is 69.6 cm³/mol. The van der Waals surface area contributed by atoms with Crippen LogP contribution in [0.25, 0.3) is 11.1 Å². The molecule has 7 heteroatoms. The molecule has 1 aliphatic rings. The summed E-state index contributed by atoms with van der Waals surface area (Å²) in [6.07, 6.45) is -5.07. The van der Waals surface area contributed by atoms with Gasteiger partial charge in [-0.25, -0.2) is 4.79 Å². The maximum atomic E-state index is 13.5. The van der Waals surface area contributed by atoms with Gasteiger partial charge >= 0.3 is 12.1 Å². The molecular formula is C15H9F3O4. The molecule has 0 fully saturated rings. The summed E-state index contributed by atoms with van der Waals surface area (Å²) >= 11 is 0. The molecule has 2 aromatic carbocycles. The summed E-state index contributed by atoms with van der Waals surface area (Å²) in [4.78, 5) is 11.3. The average Bonchev–Trinajstić information content (AvgIpc) is 2.69. The first-order chi connectivity index (χ1) is 10.2. The van der Waals surface area contributed by atoms with Crippen molar-refractivity contribution in [3.8, 4) is 16.9 Å². The second-order valence-electron chi connectivity index (χ2n) is 4.97. The van der Waals surface area contributed by atoms with Crippen LogP contribution in [0.4, 0.5) is 13.2 Å². The number of fused-ring (bicyclic) bond motifs is 3. The van der Waals surface area contributed by atoms with E-state index in [9.17, 15) is 33.3 Å². The number of carboxylic acid groups (broad SMARTS) is 1. The molecule has 0 saturated carbocycles. The summed E-state index contributed by atoms with van der Waals surface area (Å²) in [5, 5.41) is 29.1. The number of phenols is 1. The van der Waals surface area contributed by atoms with E-state index in [2.05, 4.69) is 0 Å². The SMILES string of the molecule is O=C(O)c1cc(O)cc2c1-c1ccccc1C2(O)C(F)(F)F. The standard InChI is InChI=1S/C15H9F3O4/c16-15(17,18)14(22)10-4-2-1-3-8(10)12-9(13(20)21)5-7(19)6-11(12)14/h1-6,19,22H,(H,20,21). The zero-order valence-corrected chi connectivity index (χ0v) is 10.8. The number of phenolic OH excluding ortho intramolecular Hbond substituents is 1. The minimum atomic E-state index is -5.07. The van der Waals surface area contributed by atoms with Crippen LogP contribution in [0.2, 0.25) is 0 Å². The van der Waals surface area contributed by atoms with Crippen molar-refractivity contribution in [2.45, 2.75) is 11.8 Å². The molecule has 1 unspecified atom stereocenters. The Morgan fingerprint density at radius 3 is 2.32 bits per heavy atom. The minimum absolute atomic E-state index is 0.0188. The van der Waals surface area contributed by atoms with Crippen LogP contribution in [0.1, 0.15) is 21.5 Å². The van der Waals surface area contributed by atoms with Crippen LogP contribution in [-0.2, 0) is 5.60 Å². The number of hydrogen-bond acceptors (Lipinski definition) is 3. The molecule has 1 aliphatic carbocycles. The summed E-state index contributed by atoms with van der Waals surface area (Å²) in [6.45, 7) is 0. The average molecular weight is 310 g/mol. The van der Waals surface area contributed by atoms with Crippen LogP contribution in [0, 0.1) is 0 Å². The molecule has 3 rings (SSSR count). The van der Waals surface area contributed by atoms with E-state index < -0.39 is 40.2 Å². The number of halogens is 3. The summed E-state index contributed by atoms with van der Waals surface area (Å²) in [6, 6.07) is 6.77. The normalized spacial score (nSPS) is 19.6. The highest BCUT2D eigenvalue weighted by molar-refractivity contribution is 6.00. The third-order valence-corrected chi connectivity index (χ3v) is 3.74. The van der Waals surface area contributed by atoms with Crippen molar-refractivity contribution in [1.82, 2.24) is 0 Å². The first kappa shape index (κ1) is 14.4. The molecule has 114 valence electrons. The zero-order chi connectivity index (χ0) is 16.3.